The third-order valence-corrected chi connectivity index (χ3v) is 4.10. The molecule has 0 saturated heterocycles. The number of aryl methyl sites for hydroxylation is 2. The van der Waals surface area contributed by atoms with Crippen molar-refractivity contribution in [3.8, 4) is 5.75 Å². The predicted molar refractivity (Wildman–Crippen MR) is 110 cm³/mol. The molecule has 28 heavy (non-hydrogen) atoms. The van der Waals surface area contributed by atoms with E-state index in [1.807, 2.05) is 32.0 Å². The number of amides is 2. The number of ether oxygens (including phenoxy) is 1. The van der Waals surface area contributed by atoms with Gasteiger partial charge in [0.2, 0.25) is 0 Å². The highest BCUT2D eigenvalue weighted by Gasteiger charge is 2.10. The van der Waals surface area contributed by atoms with Gasteiger partial charge < -0.3 is 20.2 Å². The maximum Gasteiger partial charge on any atom is 0.270 e. The molecule has 0 aliphatic rings. The Kier molecular flexibility index (Phi) is 7.83. The molecule has 2 aromatic carbocycles. The minimum atomic E-state index is -0.548. The molecule has 2 N–H and O–H groups in total. The van der Waals surface area contributed by atoms with E-state index in [4.69, 9.17) is 21.2 Å². The van der Waals surface area contributed by atoms with Gasteiger partial charge in [0.15, 0.2) is 6.61 Å². The molecule has 0 aliphatic carbocycles. The minimum Gasteiger partial charge on any atom is -0.495 e. The Morgan fingerprint density at radius 3 is 2.71 bits per heavy atom. The van der Waals surface area contributed by atoms with E-state index in [9.17, 15) is 9.59 Å². The van der Waals surface area contributed by atoms with Gasteiger partial charge in [-0.25, -0.2) is 0 Å². The van der Waals surface area contributed by atoms with Gasteiger partial charge in [0.1, 0.15) is 12.0 Å². The monoisotopic (exact) mass is 403 g/mol. The number of hydrogen-bond acceptors (Lipinski definition) is 5. The second-order valence-electron chi connectivity index (χ2n) is 5.85. The lowest BCUT2D eigenvalue weighted by molar-refractivity contribution is -0.120. The molecule has 0 aromatic heterocycles. The van der Waals surface area contributed by atoms with Gasteiger partial charge in [-0.15, -0.1) is 0 Å². The number of hydrogen-bond donors (Lipinski definition) is 2. The quantitative estimate of drug-likeness (QED) is 0.518. The van der Waals surface area contributed by atoms with Crippen molar-refractivity contribution in [1.29, 1.82) is 0 Å². The van der Waals surface area contributed by atoms with Crippen molar-refractivity contribution >= 4 is 41.0 Å². The molecule has 8 heteroatoms. The molecular weight excluding hydrogens is 382 g/mol. The van der Waals surface area contributed by atoms with Crippen LogP contribution in [0.15, 0.2) is 41.6 Å². The lowest BCUT2D eigenvalue weighted by atomic mass is 10.1. The number of carbonyl (C=O) groups is 2. The smallest absolute Gasteiger partial charge is 0.270 e. The summed E-state index contributed by atoms with van der Waals surface area (Å²) >= 11 is 5.91. The molecule has 0 atom stereocenters. The summed E-state index contributed by atoms with van der Waals surface area (Å²) in [4.78, 5) is 28.9. The van der Waals surface area contributed by atoms with E-state index >= 15 is 0 Å². The van der Waals surface area contributed by atoms with Crippen LogP contribution in [0.25, 0.3) is 0 Å². The van der Waals surface area contributed by atoms with Crippen LogP contribution >= 0.6 is 11.6 Å². The lowest BCUT2D eigenvalue weighted by Crippen LogP contribution is -2.19. The summed E-state index contributed by atoms with van der Waals surface area (Å²) in [5.74, 6) is -0.456. The Balaban J connectivity index is 1.86. The van der Waals surface area contributed by atoms with Gasteiger partial charge in [0, 0.05) is 10.7 Å². The highest BCUT2D eigenvalue weighted by Crippen LogP contribution is 2.27. The number of nitrogens with zero attached hydrogens (tertiary/aromatic N) is 1. The molecule has 7 nitrogen and oxygen atoms in total. The lowest BCUT2D eigenvalue weighted by Gasteiger charge is -2.12. The average molecular weight is 404 g/mol. The van der Waals surface area contributed by atoms with Crippen LogP contribution in [-0.4, -0.2) is 31.7 Å². The topological polar surface area (TPSA) is 89.0 Å². The summed E-state index contributed by atoms with van der Waals surface area (Å²) in [5.41, 5.74) is 3.17. The van der Waals surface area contributed by atoms with Gasteiger partial charge in [0.25, 0.3) is 11.8 Å². The van der Waals surface area contributed by atoms with Crippen molar-refractivity contribution < 1.29 is 19.2 Å². The van der Waals surface area contributed by atoms with Crippen molar-refractivity contribution in [2.45, 2.75) is 20.3 Å². The van der Waals surface area contributed by atoms with Crippen LogP contribution in [0, 0.1) is 6.92 Å². The first-order chi connectivity index (χ1) is 13.4. The van der Waals surface area contributed by atoms with Gasteiger partial charge in [-0.1, -0.05) is 41.9 Å². The van der Waals surface area contributed by atoms with Crippen LogP contribution < -0.4 is 15.4 Å². The number of rotatable bonds is 8. The predicted octanol–water partition coefficient (Wildman–Crippen LogP) is 3.80. The zero-order valence-corrected chi connectivity index (χ0v) is 16.7. The average Bonchev–Trinajstić information content (AvgIpc) is 2.67. The maximum atomic E-state index is 12.0. The van der Waals surface area contributed by atoms with E-state index in [0.29, 0.717) is 16.5 Å². The SMILES string of the molecule is CCc1cccc(C)c1NC(=O)CO/N=C\C(=O)Nc1cc(Cl)ccc1OC. The van der Waals surface area contributed by atoms with Crippen LogP contribution in [0.3, 0.4) is 0 Å². The number of carbonyl (C=O) groups excluding carboxylic acids is 2. The third-order valence-electron chi connectivity index (χ3n) is 3.86. The normalized spacial score (nSPS) is 10.6. The number of nitrogens with one attached hydrogen (secondary N) is 2. The molecule has 0 saturated carbocycles. The molecule has 2 amide bonds. The zero-order valence-electron chi connectivity index (χ0n) is 15.9. The fourth-order valence-electron chi connectivity index (χ4n) is 2.50. The Morgan fingerprint density at radius 2 is 2.00 bits per heavy atom. The number of methoxy groups -OCH3 is 1. The first-order valence-electron chi connectivity index (χ1n) is 8.62. The van der Waals surface area contributed by atoms with Gasteiger partial charge in [-0.05, 0) is 42.7 Å². The molecule has 0 spiro atoms. The van der Waals surface area contributed by atoms with E-state index in [-0.39, 0.29) is 12.5 Å². The second-order valence-corrected chi connectivity index (χ2v) is 6.29. The first-order valence-corrected chi connectivity index (χ1v) is 9.00. The Bertz CT molecular complexity index is 884. The standard InChI is InChI=1S/C20H22ClN3O4/c1-4-14-7-5-6-13(2)20(14)24-19(26)12-28-22-11-18(25)23-16-10-15(21)8-9-17(16)27-3/h5-11H,4,12H2,1-3H3,(H,23,25)(H,24,26)/b22-11-. The largest absolute Gasteiger partial charge is 0.495 e. The van der Waals surface area contributed by atoms with Gasteiger partial charge in [0.05, 0.1) is 12.8 Å². The van der Waals surface area contributed by atoms with E-state index in [0.717, 1.165) is 29.4 Å². The van der Waals surface area contributed by atoms with E-state index in [1.165, 1.54) is 7.11 Å². The molecule has 0 bridgehead atoms. The molecule has 148 valence electrons. The van der Waals surface area contributed by atoms with E-state index in [1.54, 1.807) is 18.2 Å². The Labute approximate surface area is 168 Å². The Morgan fingerprint density at radius 1 is 1.21 bits per heavy atom. The number of anilines is 2. The van der Waals surface area contributed by atoms with Crippen molar-refractivity contribution in [2.75, 3.05) is 24.4 Å². The molecule has 0 radical (unpaired) electrons. The van der Waals surface area contributed by atoms with Crippen molar-refractivity contribution in [1.82, 2.24) is 0 Å². The zero-order chi connectivity index (χ0) is 20.5. The highest BCUT2D eigenvalue weighted by molar-refractivity contribution is 6.33. The van der Waals surface area contributed by atoms with Crippen LogP contribution in [-0.2, 0) is 20.8 Å². The summed E-state index contributed by atoms with van der Waals surface area (Å²) in [7, 11) is 1.48. The van der Waals surface area contributed by atoms with E-state index in [2.05, 4.69) is 15.8 Å². The summed E-state index contributed by atoms with van der Waals surface area (Å²) in [6.07, 6.45) is 1.72. The molecular formula is C20H22ClN3O4. The molecule has 2 rings (SSSR count). The molecule has 0 fully saturated rings. The van der Waals surface area contributed by atoms with Crippen molar-refractivity contribution in [3.05, 3.63) is 52.5 Å². The molecule has 0 unspecified atom stereocenters. The van der Waals surface area contributed by atoms with Crippen LogP contribution in [0.1, 0.15) is 18.1 Å². The van der Waals surface area contributed by atoms with Crippen LogP contribution in [0.4, 0.5) is 11.4 Å². The number of oxime groups is 1. The maximum absolute atomic E-state index is 12.0. The van der Waals surface area contributed by atoms with Crippen LogP contribution in [0.2, 0.25) is 5.02 Å². The highest BCUT2D eigenvalue weighted by atomic mass is 35.5. The first kappa shape index (κ1) is 21.2. The minimum absolute atomic E-state index is 0.318. The fourth-order valence-corrected chi connectivity index (χ4v) is 2.67. The summed E-state index contributed by atoms with van der Waals surface area (Å²) < 4.78 is 5.14. The van der Waals surface area contributed by atoms with Crippen molar-refractivity contribution in [2.24, 2.45) is 5.16 Å². The van der Waals surface area contributed by atoms with Gasteiger partial charge in [-0.3, -0.25) is 9.59 Å². The third kappa shape index (κ3) is 5.99. The van der Waals surface area contributed by atoms with Crippen LogP contribution in [0.5, 0.6) is 5.75 Å². The Hall–Kier alpha value is -3.06. The van der Waals surface area contributed by atoms with E-state index < -0.39 is 5.91 Å². The fraction of sp³-hybridized carbons (Fsp3) is 0.250. The molecule has 0 heterocycles. The molecule has 2 aromatic rings. The summed E-state index contributed by atoms with van der Waals surface area (Å²) in [6.45, 7) is 3.61. The molecule has 0 aliphatic heterocycles. The second kappa shape index (κ2) is 10.3. The number of halogens is 1. The number of para-hydroxylation sites is 1. The van der Waals surface area contributed by atoms with Gasteiger partial charge >= 0.3 is 0 Å². The van der Waals surface area contributed by atoms with Crippen molar-refractivity contribution in [3.63, 3.8) is 0 Å². The summed E-state index contributed by atoms with van der Waals surface area (Å²) in [5, 5.41) is 9.35. The number of benzene rings is 2. The summed E-state index contributed by atoms with van der Waals surface area (Å²) in [6, 6.07) is 10.6. The van der Waals surface area contributed by atoms with Gasteiger partial charge in [-0.2, -0.15) is 0 Å².